The number of rotatable bonds is 4. The van der Waals surface area contributed by atoms with Gasteiger partial charge in [0.15, 0.2) is 5.82 Å². The van der Waals surface area contributed by atoms with Crippen LogP contribution in [0.2, 0.25) is 0 Å². The van der Waals surface area contributed by atoms with E-state index in [1.807, 2.05) is 19.1 Å². The van der Waals surface area contributed by atoms with Crippen LogP contribution in [0.3, 0.4) is 0 Å². The van der Waals surface area contributed by atoms with Crippen LogP contribution in [0, 0.1) is 0 Å². The molecule has 1 aliphatic carbocycles. The Balaban J connectivity index is 1.89. The van der Waals surface area contributed by atoms with Crippen LogP contribution in [0.1, 0.15) is 44.3 Å². The zero-order valence-electron chi connectivity index (χ0n) is 11.1. The van der Waals surface area contributed by atoms with E-state index in [0.717, 1.165) is 11.4 Å². The third-order valence-corrected chi connectivity index (χ3v) is 3.54. The molecule has 1 N–H and O–H groups in total. The zero-order chi connectivity index (χ0) is 13.1. The number of hydrogen-bond acceptors (Lipinski definition) is 4. The van der Waals surface area contributed by atoms with Crippen LogP contribution < -0.4 is 4.74 Å². The Labute approximate surface area is 112 Å². The number of pyridine rings is 1. The SMILES string of the molecule is CCOc1ncccc1-c1n[nH]c(C2CCCC2)n1. The Morgan fingerprint density at radius 3 is 3.00 bits per heavy atom. The highest BCUT2D eigenvalue weighted by Crippen LogP contribution is 2.33. The fourth-order valence-corrected chi connectivity index (χ4v) is 2.59. The van der Waals surface area contributed by atoms with Gasteiger partial charge in [0.1, 0.15) is 5.82 Å². The fourth-order valence-electron chi connectivity index (χ4n) is 2.59. The summed E-state index contributed by atoms with van der Waals surface area (Å²) in [6, 6.07) is 3.82. The number of aromatic nitrogens is 4. The summed E-state index contributed by atoms with van der Waals surface area (Å²) in [5, 5.41) is 7.39. The largest absolute Gasteiger partial charge is 0.477 e. The molecule has 0 amide bonds. The van der Waals surface area contributed by atoms with E-state index in [2.05, 4.69) is 20.2 Å². The molecule has 1 saturated carbocycles. The molecule has 1 fully saturated rings. The zero-order valence-corrected chi connectivity index (χ0v) is 11.1. The molecule has 1 aliphatic rings. The van der Waals surface area contributed by atoms with Crippen LogP contribution in [0.5, 0.6) is 5.88 Å². The van der Waals surface area contributed by atoms with Crippen molar-refractivity contribution in [3.05, 3.63) is 24.2 Å². The van der Waals surface area contributed by atoms with Crippen molar-refractivity contribution in [3.8, 4) is 17.3 Å². The summed E-state index contributed by atoms with van der Waals surface area (Å²) in [5.74, 6) is 2.81. The molecule has 0 bridgehead atoms. The molecule has 0 atom stereocenters. The van der Waals surface area contributed by atoms with Crippen LogP contribution >= 0.6 is 0 Å². The number of ether oxygens (including phenoxy) is 1. The van der Waals surface area contributed by atoms with E-state index < -0.39 is 0 Å². The number of H-pyrrole nitrogens is 1. The van der Waals surface area contributed by atoms with Gasteiger partial charge in [0, 0.05) is 12.1 Å². The van der Waals surface area contributed by atoms with Gasteiger partial charge in [-0.3, -0.25) is 5.10 Å². The van der Waals surface area contributed by atoms with Gasteiger partial charge in [-0.25, -0.2) is 9.97 Å². The predicted octanol–water partition coefficient (Wildman–Crippen LogP) is 2.92. The quantitative estimate of drug-likeness (QED) is 0.915. The molecule has 0 aromatic carbocycles. The average Bonchev–Trinajstić information content (AvgIpc) is 3.11. The minimum atomic E-state index is 0.536. The van der Waals surface area contributed by atoms with E-state index in [4.69, 9.17) is 4.74 Å². The van der Waals surface area contributed by atoms with Gasteiger partial charge in [0.05, 0.1) is 12.2 Å². The second kappa shape index (κ2) is 5.38. The summed E-state index contributed by atoms with van der Waals surface area (Å²) in [6.45, 7) is 2.53. The Hall–Kier alpha value is -1.91. The van der Waals surface area contributed by atoms with Crippen LogP contribution in [0.15, 0.2) is 18.3 Å². The molecule has 3 rings (SSSR count). The lowest BCUT2D eigenvalue weighted by atomic mass is 10.1. The standard InChI is InChI=1S/C14H18N4O/c1-2-19-14-11(8-5-9-15-14)13-16-12(17-18-13)10-6-3-4-7-10/h5,8-10H,2-4,6-7H2,1H3,(H,16,17,18). The Morgan fingerprint density at radius 2 is 2.21 bits per heavy atom. The van der Waals surface area contributed by atoms with Gasteiger partial charge in [-0.2, -0.15) is 5.10 Å². The first-order valence-corrected chi connectivity index (χ1v) is 6.89. The van der Waals surface area contributed by atoms with Crippen molar-refractivity contribution in [2.45, 2.75) is 38.5 Å². The molecule has 5 nitrogen and oxygen atoms in total. The molecule has 0 radical (unpaired) electrons. The highest BCUT2D eigenvalue weighted by molar-refractivity contribution is 5.60. The van der Waals surface area contributed by atoms with Gasteiger partial charge in [0.25, 0.3) is 0 Å². The Kier molecular flexibility index (Phi) is 3.44. The minimum Gasteiger partial charge on any atom is -0.477 e. The molecule has 0 saturated heterocycles. The molecule has 19 heavy (non-hydrogen) atoms. The maximum absolute atomic E-state index is 5.52. The number of nitrogens with zero attached hydrogens (tertiary/aromatic N) is 3. The second-order valence-electron chi connectivity index (χ2n) is 4.81. The lowest BCUT2D eigenvalue weighted by Gasteiger charge is -2.05. The van der Waals surface area contributed by atoms with Gasteiger partial charge in [-0.05, 0) is 31.9 Å². The van der Waals surface area contributed by atoms with E-state index in [1.54, 1.807) is 6.20 Å². The predicted molar refractivity (Wildman–Crippen MR) is 72.0 cm³/mol. The molecular formula is C14H18N4O. The second-order valence-corrected chi connectivity index (χ2v) is 4.81. The van der Waals surface area contributed by atoms with E-state index >= 15 is 0 Å². The van der Waals surface area contributed by atoms with Crippen LogP contribution in [-0.2, 0) is 0 Å². The van der Waals surface area contributed by atoms with Crippen molar-refractivity contribution in [2.75, 3.05) is 6.61 Å². The molecule has 0 unspecified atom stereocenters. The van der Waals surface area contributed by atoms with E-state index in [9.17, 15) is 0 Å². The number of nitrogens with one attached hydrogen (secondary N) is 1. The van der Waals surface area contributed by atoms with E-state index in [-0.39, 0.29) is 0 Å². The van der Waals surface area contributed by atoms with Crippen LogP contribution in [0.4, 0.5) is 0 Å². The summed E-state index contributed by atoms with van der Waals surface area (Å²) >= 11 is 0. The van der Waals surface area contributed by atoms with Crippen molar-refractivity contribution in [1.82, 2.24) is 20.2 Å². The molecule has 0 aliphatic heterocycles. The van der Waals surface area contributed by atoms with Crippen LogP contribution in [0.25, 0.3) is 11.4 Å². The maximum atomic E-state index is 5.52. The van der Waals surface area contributed by atoms with Gasteiger partial charge < -0.3 is 4.74 Å². The first-order chi connectivity index (χ1) is 9.38. The first kappa shape index (κ1) is 12.1. The highest BCUT2D eigenvalue weighted by atomic mass is 16.5. The van der Waals surface area contributed by atoms with Gasteiger partial charge in [0.2, 0.25) is 5.88 Å². The summed E-state index contributed by atoms with van der Waals surface area (Å²) < 4.78 is 5.52. The van der Waals surface area contributed by atoms with Crippen molar-refractivity contribution in [2.24, 2.45) is 0 Å². The normalized spacial score (nSPS) is 15.8. The molecule has 5 heteroatoms. The van der Waals surface area contributed by atoms with E-state index in [1.165, 1.54) is 25.7 Å². The van der Waals surface area contributed by atoms with Gasteiger partial charge in [-0.1, -0.05) is 12.8 Å². The van der Waals surface area contributed by atoms with E-state index in [0.29, 0.717) is 24.2 Å². The average molecular weight is 258 g/mol. The van der Waals surface area contributed by atoms with Crippen molar-refractivity contribution in [3.63, 3.8) is 0 Å². The Bertz CT molecular complexity index is 546. The Morgan fingerprint density at radius 1 is 1.37 bits per heavy atom. The first-order valence-electron chi connectivity index (χ1n) is 6.89. The molecule has 2 heterocycles. The van der Waals surface area contributed by atoms with Crippen molar-refractivity contribution >= 4 is 0 Å². The smallest absolute Gasteiger partial charge is 0.224 e. The third-order valence-electron chi connectivity index (χ3n) is 3.54. The fraction of sp³-hybridized carbons (Fsp3) is 0.500. The summed E-state index contributed by atoms with van der Waals surface area (Å²) in [6.07, 6.45) is 6.72. The molecule has 2 aromatic rings. The molecule has 2 aromatic heterocycles. The minimum absolute atomic E-state index is 0.536. The lowest BCUT2D eigenvalue weighted by Crippen LogP contribution is -1.97. The van der Waals surface area contributed by atoms with Gasteiger partial charge in [-0.15, -0.1) is 0 Å². The summed E-state index contributed by atoms with van der Waals surface area (Å²) in [7, 11) is 0. The highest BCUT2D eigenvalue weighted by Gasteiger charge is 2.21. The molecule has 0 spiro atoms. The van der Waals surface area contributed by atoms with Crippen molar-refractivity contribution < 1.29 is 4.74 Å². The summed E-state index contributed by atoms with van der Waals surface area (Å²) in [4.78, 5) is 8.85. The van der Waals surface area contributed by atoms with Gasteiger partial charge >= 0.3 is 0 Å². The maximum Gasteiger partial charge on any atom is 0.224 e. The monoisotopic (exact) mass is 258 g/mol. The molecule has 100 valence electrons. The summed E-state index contributed by atoms with van der Waals surface area (Å²) in [5.41, 5.74) is 0.852. The third kappa shape index (κ3) is 2.45. The molecular weight excluding hydrogens is 240 g/mol. The topological polar surface area (TPSA) is 63.7 Å². The lowest BCUT2D eigenvalue weighted by molar-refractivity contribution is 0.328. The van der Waals surface area contributed by atoms with Crippen LogP contribution in [-0.4, -0.2) is 26.8 Å². The number of hydrogen-bond donors (Lipinski definition) is 1. The van der Waals surface area contributed by atoms with Crippen molar-refractivity contribution in [1.29, 1.82) is 0 Å². The number of aromatic amines is 1.